The van der Waals surface area contributed by atoms with E-state index in [2.05, 4.69) is 25.1 Å². The topological polar surface area (TPSA) is 110 Å². The molecule has 0 unspecified atom stereocenters. The van der Waals surface area contributed by atoms with Gasteiger partial charge in [0.1, 0.15) is 23.6 Å². The van der Waals surface area contributed by atoms with Crippen molar-refractivity contribution in [2.45, 2.75) is 19.6 Å². The van der Waals surface area contributed by atoms with Crippen LogP contribution in [0.3, 0.4) is 0 Å². The SMILES string of the molecule is Cc1cc(C)n(-c2cc(N3CCN(S(=O)(=O)Cc4noc5ccccc45)CC3)ncn2)n1. The first-order valence-corrected chi connectivity index (χ1v) is 11.9. The van der Waals surface area contributed by atoms with Crippen molar-refractivity contribution in [1.29, 1.82) is 0 Å². The molecular weight excluding hydrogens is 430 g/mol. The highest BCUT2D eigenvalue weighted by Crippen LogP contribution is 2.23. The number of aryl methyl sites for hydroxylation is 2. The highest BCUT2D eigenvalue weighted by molar-refractivity contribution is 7.88. The van der Waals surface area contributed by atoms with Gasteiger partial charge in [-0.3, -0.25) is 0 Å². The Balaban J connectivity index is 1.29. The first-order valence-electron chi connectivity index (χ1n) is 10.3. The largest absolute Gasteiger partial charge is 0.356 e. The van der Waals surface area contributed by atoms with Crippen LogP contribution in [-0.4, -0.2) is 63.8 Å². The molecule has 5 rings (SSSR count). The number of fused-ring (bicyclic) bond motifs is 1. The number of rotatable bonds is 5. The van der Waals surface area contributed by atoms with Crippen molar-refractivity contribution in [3.05, 3.63) is 59.8 Å². The molecule has 1 aliphatic heterocycles. The molecule has 10 nitrogen and oxygen atoms in total. The van der Waals surface area contributed by atoms with Crippen molar-refractivity contribution in [1.82, 2.24) is 29.2 Å². The summed E-state index contributed by atoms with van der Waals surface area (Å²) in [6.07, 6.45) is 1.51. The minimum Gasteiger partial charge on any atom is -0.356 e. The fourth-order valence-electron chi connectivity index (χ4n) is 3.99. The summed E-state index contributed by atoms with van der Waals surface area (Å²) < 4.78 is 34.6. The molecule has 1 saturated heterocycles. The minimum atomic E-state index is -3.52. The maximum atomic E-state index is 13.0. The Hall–Kier alpha value is -3.31. The van der Waals surface area contributed by atoms with Crippen LogP contribution in [0.25, 0.3) is 16.8 Å². The fraction of sp³-hybridized carbons (Fsp3) is 0.333. The van der Waals surface area contributed by atoms with E-state index >= 15 is 0 Å². The Bertz CT molecular complexity index is 1370. The molecule has 32 heavy (non-hydrogen) atoms. The number of sulfonamides is 1. The van der Waals surface area contributed by atoms with Gasteiger partial charge in [0, 0.05) is 43.3 Å². The Morgan fingerprint density at radius 1 is 1.00 bits per heavy atom. The molecule has 0 aliphatic carbocycles. The van der Waals surface area contributed by atoms with E-state index in [0.717, 1.165) is 22.6 Å². The zero-order valence-corrected chi connectivity index (χ0v) is 18.7. The predicted octanol–water partition coefficient (Wildman–Crippen LogP) is 2.07. The van der Waals surface area contributed by atoms with E-state index in [1.807, 2.05) is 44.2 Å². The molecule has 0 atom stereocenters. The molecule has 0 bridgehead atoms. The summed E-state index contributed by atoms with van der Waals surface area (Å²) >= 11 is 0. The van der Waals surface area contributed by atoms with Crippen LogP contribution < -0.4 is 4.90 Å². The summed E-state index contributed by atoms with van der Waals surface area (Å²) in [7, 11) is -3.52. The van der Waals surface area contributed by atoms with Crippen LogP contribution >= 0.6 is 0 Å². The molecule has 166 valence electrons. The Morgan fingerprint density at radius 3 is 2.50 bits per heavy atom. The summed E-state index contributed by atoms with van der Waals surface area (Å²) in [5.74, 6) is 1.26. The van der Waals surface area contributed by atoms with Gasteiger partial charge >= 0.3 is 0 Å². The van der Waals surface area contributed by atoms with E-state index < -0.39 is 10.0 Å². The van der Waals surface area contributed by atoms with Gasteiger partial charge in [0.05, 0.1) is 5.69 Å². The molecule has 0 spiro atoms. The normalized spacial score (nSPS) is 15.5. The third-order valence-electron chi connectivity index (χ3n) is 5.59. The molecule has 11 heteroatoms. The highest BCUT2D eigenvalue weighted by atomic mass is 32.2. The van der Waals surface area contributed by atoms with Gasteiger partial charge in [0.25, 0.3) is 0 Å². The lowest BCUT2D eigenvalue weighted by Crippen LogP contribution is -2.49. The third kappa shape index (κ3) is 3.84. The lowest BCUT2D eigenvalue weighted by molar-refractivity contribution is 0.381. The highest BCUT2D eigenvalue weighted by Gasteiger charge is 2.29. The molecule has 4 heterocycles. The summed E-state index contributed by atoms with van der Waals surface area (Å²) in [4.78, 5) is 10.8. The summed E-state index contributed by atoms with van der Waals surface area (Å²) in [6, 6.07) is 11.1. The molecule has 0 amide bonds. The van der Waals surface area contributed by atoms with E-state index in [1.165, 1.54) is 10.6 Å². The Kier molecular flexibility index (Phi) is 5.14. The monoisotopic (exact) mass is 453 g/mol. The molecule has 0 saturated carbocycles. The maximum absolute atomic E-state index is 13.0. The lowest BCUT2D eigenvalue weighted by Gasteiger charge is -2.34. The van der Waals surface area contributed by atoms with E-state index in [0.29, 0.717) is 43.3 Å². The van der Waals surface area contributed by atoms with Crippen LogP contribution in [0.15, 0.2) is 47.2 Å². The Labute approximate surface area is 185 Å². The number of anilines is 1. The molecule has 0 radical (unpaired) electrons. The summed E-state index contributed by atoms with van der Waals surface area (Å²) in [5.41, 5.74) is 2.93. The van der Waals surface area contributed by atoms with Gasteiger partial charge in [-0.15, -0.1) is 0 Å². The van der Waals surface area contributed by atoms with Crippen molar-refractivity contribution in [2.24, 2.45) is 0 Å². The fourth-order valence-corrected chi connectivity index (χ4v) is 5.44. The van der Waals surface area contributed by atoms with Gasteiger partial charge in [-0.05, 0) is 32.0 Å². The van der Waals surface area contributed by atoms with Gasteiger partial charge in [0.2, 0.25) is 10.0 Å². The van der Waals surface area contributed by atoms with Crippen LogP contribution in [0.2, 0.25) is 0 Å². The second kappa shape index (κ2) is 7.99. The van der Waals surface area contributed by atoms with Crippen molar-refractivity contribution in [2.75, 3.05) is 31.1 Å². The number of nitrogens with zero attached hydrogens (tertiary/aromatic N) is 7. The molecule has 3 aromatic heterocycles. The van der Waals surface area contributed by atoms with Crippen LogP contribution in [-0.2, 0) is 15.8 Å². The average molecular weight is 454 g/mol. The van der Waals surface area contributed by atoms with Gasteiger partial charge < -0.3 is 9.42 Å². The van der Waals surface area contributed by atoms with Gasteiger partial charge in [-0.1, -0.05) is 17.3 Å². The molecule has 4 aromatic rings. The zero-order valence-electron chi connectivity index (χ0n) is 17.8. The first kappa shape index (κ1) is 20.6. The molecular formula is C21H23N7O3S. The number of hydrogen-bond donors (Lipinski definition) is 0. The zero-order chi connectivity index (χ0) is 22.3. The summed E-state index contributed by atoms with van der Waals surface area (Å²) in [6.45, 7) is 5.73. The quantitative estimate of drug-likeness (QED) is 0.452. The second-order valence-electron chi connectivity index (χ2n) is 7.84. The third-order valence-corrected chi connectivity index (χ3v) is 7.38. The second-order valence-corrected chi connectivity index (χ2v) is 9.81. The first-order chi connectivity index (χ1) is 15.4. The average Bonchev–Trinajstić information content (AvgIpc) is 3.36. The number of hydrogen-bond acceptors (Lipinski definition) is 8. The van der Waals surface area contributed by atoms with Gasteiger partial charge in [-0.2, -0.15) is 9.40 Å². The van der Waals surface area contributed by atoms with Crippen molar-refractivity contribution < 1.29 is 12.9 Å². The van der Waals surface area contributed by atoms with Crippen LogP contribution in [0.5, 0.6) is 0 Å². The molecule has 0 N–H and O–H groups in total. The van der Waals surface area contributed by atoms with Crippen LogP contribution in [0, 0.1) is 13.8 Å². The summed E-state index contributed by atoms with van der Waals surface area (Å²) in [5, 5.41) is 9.17. The lowest BCUT2D eigenvalue weighted by atomic mass is 10.2. The van der Waals surface area contributed by atoms with E-state index in [-0.39, 0.29) is 5.75 Å². The van der Waals surface area contributed by atoms with E-state index in [1.54, 1.807) is 10.7 Å². The van der Waals surface area contributed by atoms with Crippen LogP contribution in [0.1, 0.15) is 17.1 Å². The van der Waals surface area contributed by atoms with Crippen molar-refractivity contribution in [3.63, 3.8) is 0 Å². The number of aromatic nitrogens is 5. The smallest absolute Gasteiger partial charge is 0.220 e. The van der Waals surface area contributed by atoms with Crippen molar-refractivity contribution in [3.8, 4) is 5.82 Å². The molecule has 1 fully saturated rings. The standard InChI is InChI=1S/C21H23N7O3S/c1-15-11-16(2)28(24-15)21-12-20(22-14-23-21)26-7-9-27(10-8-26)32(29,30)13-18-17-5-3-4-6-19(17)31-25-18/h3-6,11-12,14H,7-10,13H2,1-2H3. The van der Waals surface area contributed by atoms with Crippen molar-refractivity contribution >= 4 is 26.8 Å². The van der Waals surface area contributed by atoms with Gasteiger partial charge in [0.15, 0.2) is 11.4 Å². The molecule has 1 aliphatic rings. The molecule has 1 aromatic carbocycles. The van der Waals surface area contributed by atoms with Crippen LogP contribution in [0.4, 0.5) is 5.82 Å². The predicted molar refractivity (Wildman–Crippen MR) is 119 cm³/mol. The number of para-hydroxylation sites is 1. The number of piperazine rings is 1. The van der Waals surface area contributed by atoms with E-state index in [4.69, 9.17) is 4.52 Å². The van der Waals surface area contributed by atoms with Gasteiger partial charge in [-0.25, -0.2) is 23.1 Å². The number of benzene rings is 1. The maximum Gasteiger partial charge on any atom is 0.220 e. The van der Waals surface area contributed by atoms with E-state index in [9.17, 15) is 8.42 Å². The minimum absolute atomic E-state index is 0.181. The Morgan fingerprint density at radius 2 is 1.75 bits per heavy atom.